The molecule has 1 saturated heterocycles. The van der Waals surface area contributed by atoms with Crippen molar-refractivity contribution in [2.24, 2.45) is 29.6 Å². The minimum absolute atomic E-state index is 0.840. The highest BCUT2D eigenvalue weighted by molar-refractivity contribution is 5.43. The Labute approximate surface area is 129 Å². The lowest BCUT2D eigenvalue weighted by Crippen LogP contribution is -2.54. The van der Waals surface area contributed by atoms with Gasteiger partial charge in [-0.3, -0.25) is 0 Å². The first-order chi connectivity index (χ1) is 10.4. The summed E-state index contributed by atoms with van der Waals surface area (Å²) in [6.45, 7) is 1.29. The Morgan fingerprint density at radius 1 is 0.810 bits per heavy atom. The van der Waals surface area contributed by atoms with E-state index in [9.17, 15) is 0 Å². The Bertz CT molecular complexity index is 486. The molecule has 0 amide bonds. The van der Waals surface area contributed by atoms with Gasteiger partial charge in [0.05, 0.1) is 0 Å². The molecule has 1 heterocycles. The molecule has 3 saturated carbocycles. The zero-order valence-corrected chi connectivity index (χ0v) is 13.2. The molecule has 21 heavy (non-hydrogen) atoms. The van der Waals surface area contributed by atoms with Crippen molar-refractivity contribution in [3.8, 4) is 0 Å². The van der Waals surface area contributed by atoms with E-state index in [1.807, 2.05) is 11.1 Å². The predicted molar refractivity (Wildman–Crippen MR) is 87.0 cm³/mol. The van der Waals surface area contributed by atoms with Gasteiger partial charge < -0.3 is 5.32 Å². The molecule has 1 N–H and O–H groups in total. The van der Waals surface area contributed by atoms with Crippen LogP contribution < -0.4 is 5.32 Å². The third-order valence-electron chi connectivity index (χ3n) is 7.50. The van der Waals surface area contributed by atoms with E-state index in [1.165, 1.54) is 64.3 Å². The van der Waals surface area contributed by atoms with E-state index in [0.29, 0.717) is 0 Å². The van der Waals surface area contributed by atoms with Gasteiger partial charge in [-0.1, -0.05) is 37.8 Å². The van der Waals surface area contributed by atoms with E-state index < -0.39 is 0 Å². The molecule has 4 aliphatic carbocycles. The maximum atomic E-state index is 4.02. The molecule has 0 spiro atoms. The van der Waals surface area contributed by atoms with E-state index in [1.54, 1.807) is 0 Å². The van der Waals surface area contributed by atoms with Crippen molar-refractivity contribution < 1.29 is 0 Å². The maximum Gasteiger partial charge on any atom is 0.0138 e. The molecule has 114 valence electrons. The molecule has 0 aromatic rings. The Kier molecular flexibility index (Phi) is 3.07. The highest BCUT2D eigenvalue weighted by Crippen LogP contribution is 2.56. The zero-order valence-electron chi connectivity index (χ0n) is 13.2. The average Bonchev–Trinajstić information content (AvgIpc) is 2.99. The monoisotopic (exact) mass is 283 g/mol. The van der Waals surface area contributed by atoms with Crippen LogP contribution in [0.15, 0.2) is 23.3 Å². The normalized spacial score (nSPS) is 48.4. The van der Waals surface area contributed by atoms with Crippen LogP contribution in [0.25, 0.3) is 0 Å². The SMILES string of the molecule is C1=C2C(=CC1)C1CCCC3CCNC(C4CCCCC24)C31. The number of rotatable bonds is 0. The second-order valence-electron chi connectivity index (χ2n) is 8.25. The molecular formula is C20H29N. The van der Waals surface area contributed by atoms with Gasteiger partial charge in [-0.05, 0) is 79.4 Å². The molecule has 0 radical (unpaired) electrons. The summed E-state index contributed by atoms with van der Waals surface area (Å²) < 4.78 is 0. The second-order valence-corrected chi connectivity index (χ2v) is 8.25. The molecule has 4 fully saturated rings. The molecule has 0 aromatic heterocycles. The standard InChI is InChI=1S/C20H29N/c1-2-7-18-16(6-1)14-8-4-9-15(14)17-10-3-5-13-11-12-21-20(18)19(13)17/h8-9,13,16-21H,1-7,10-12H2. The summed E-state index contributed by atoms with van der Waals surface area (Å²) in [4.78, 5) is 0. The third kappa shape index (κ3) is 1.86. The molecule has 1 aliphatic heterocycles. The largest absolute Gasteiger partial charge is 0.313 e. The molecule has 1 heteroatoms. The maximum absolute atomic E-state index is 4.02. The smallest absolute Gasteiger partial charge is 0.0138 e. The Morgan fingerprint density at radius 2 is 1.62 bits per heavy atom. The lowest BCUT2D eigenvalue weighted by molar-refractivity contribution is 0.0519. The first kappa shape index (κ1) is 12.9. The fourth-order valence-corrected chi connectivity index (χ4v) is 6.82. The van der Waals surface area contributed by atoms with Crippen molar-refractivity contribution in [2.75, 3.05) is 6.54 Å². The van der Waals surface area contributed by atoms with Gasteiger partial charge in [0.15, 0.2) is 0 Å². The van der Waals surface area contributed by atoms with Crippen LogP contribution in [-0.4, -0.2) is 12.6 Å². The second kappa shape index (κ2) is 4.98. The number of nitrogens with one attached hydrogen (secondary N) is 1. The van der Waals surface area contributed by atoms with Crippen LogP contribution in [0, 0.1) is 29.6 Å². The number of piperidine rings is 1. The fourth-order valence-electron chi connectivity index (χ4n) is 6.82. The summed E-state index contributed by atoms with van der Waals surface area (Å²) in [6, 6.07) is 0.840. The quantitative estimate of drug-likeness (QED) is 0.692. The van der Waals surface area contributed by atoms with Crippen molar-refractivity contribution >= 4 is 0 Å². The molecule has 5 rings (SSSR count). The van der Waals surface area contributed by atoms with Crippen LogP contribution in [0.2, 0.25) is 0 Å². The van der Waals surface area contributed by atoms with Gasteiger partial charge in [0.25, 0.3) is 0 Å². The van der Waals surface area contributed by atoms with Gasteiger partial charge in [0.2, 0.25) is 0 Å². The molecule has 6 unspecified atom stereocenters. The summed E-state index contributed by atoms with van der Waals surface area (Å²) in [7, 11) is 0. The van der Waals surface area contributed by atoms with Gasteiger partial charge >= 0.3 is 0 Å². The lowest BCUT2D eigenvalue weighted by Gasteiger charge is -2.49. The minimum atomic E-state index is 0.840. The van der Waals surface area contributed by atoms with Gasteiger partial charge in [0.1, 0.15) is 0 Å². The number of allylic oxidation sites excluding steroid dienone is 4. The summed E-state index contributed by atoms with van der Waals surface area (Å²) >= 11 is 0. The summed E-state index contributed by atoms with van der Waals surface area (Å²) in [5, 5.41) is 4.02. The molecule has 0 bridgehead atoms. The van der Waals surface area contributed by atoms with Crippen LogP contribution in [-0.2, 0) is 0 Å². The van der Waals surface area contributed by atoms with Crippen molar-refractivity contribution in [3.63, 3.8) is 0 Å². The molecular weight excluding hydrogens is 254 g/mol. The fraction of sp³-hybridized carbons (Fsp3) is 0.800. The number of hydrogen-bond acceptors (Lipinski definition) is 1. The molecule has 1 nitrogen and oxygen atoms in total. The topological polar surface area (TPSA) is 12.0 Å². The van der Waals surface area contributed by atoms with Crippen molar-refractivity contribution in [3.05, 3.63) is 23.3 Å². The Hall–Kier alpha value is -0.560. The Balaban J connectivity index is 1.62. The van der Waals surface area contributed by atoms with E-state index in [2.05, 4.69) is 17.5 Å². The molecule has 5 aliphatic rings. The molecule has 6 atom stereocenters. The minimum Gasteiger partial charge on any atom is -0.313 e. The molecule has 0 aromatic carbocycles. The lowest BCUT2D eigenvalue weighted by atomic mass is 9.62. The van der Waals surface area contributed by atoms with Crippen molar-refractivity contribution in [2.45, 2.75) is 63.8 Å². The first-order valence-electron chi connectivity index (χ1n) is 9.57. The van der Waals surface area contributed by atoms with E-state index in [4.69, 9.17) is 0 Å². The zero-order chi connectivity index (χ0) is 13.8. The van der Waals surface area contributed by atoms with Crippen molar-refractivity contribution in [1.29, 1.82) is 0 Å². The van der Waals surface area contributed by atoms with Crippen LogP contribution in [0.4, 0.5) is 0 Å². The summed E-state index contributed by atoms with van der Waals surface area (Å²) in [6.07, 6.45) is 18.3. The highest BCUT2D eigenvalue weighted by atomic mass is 15.0. The average molecular weight is 283 g/mol. The highest BCUT2D eigenvalue weighted by Gasteiger charge is 2.51. The summed E-state index contributed by atoms with van der Waals surface area (Å²) in [5.41, 5.74) is 3.65. The number of fused-ring (bicyclic) bond motifs is 5. The third-order valence-corrected chi connectivity index (χ3v) is 7.50. The van der Waals surface area contributed by atoms with E-state index in [0.717, 1.165) is 35.6 Å². The van der Waals surface area contributed by atoms with Gasteiger partial charge in [-0.2, -0.15) is 0 Å². The number of hydrogen-bond donors (Lipinski definition) is 1. The first-order valence-corrected chi connectivity index (χ1v) is 9.57. The van der Waals surface area contributed by atoms with Crippen LogP contribution in [0.3, 0.4) is 0 Å². The van der Waals surface area contributed by atoms with E-state index >= 15 is 0 Å². The van der Waals surface area contributed by atoms with Crippen LogP contribution in [0.1, 0.15) is 57.8 Å². The predicted octanol–water partition coefficient (Wildman–Crippen LogP) is 4.46. The summed E-state index contributed by atoms with van der Waals surface area (Å²) in [5.74, 6) is 4.74. The van der Waals surface area contributed by atoms with Gasteiger partial charge in [-0.15, -0.1) is 0 Å². The van der Waals surface area contributed by atoms with Gasteiger partial charge in [-0.25, -0.2) is 0 Å². The van der Waals surface area contributed by atoms with E-state index in [-0.39, 0.29) is 0 Å². The van der Waals surface area contributed by atoms with Crippen molar-refractivity contribution in [1.82, 2.24) is 5.32 Å². The van der Waals surface area contributed by atoms with Crippen LogP contribution >= 0.6 is 0 Å². The van der Waals surface area contributed by atoms with Crippen LogP contribution in [0.5, 0.6) is 0 Å². The van der Waals surface area contributed by atoms with Gasteiger partial charge in [0, 0.05) is 6.04 Å². The Morgan fingerprint density at radius 3 is 2.57 bits per heavy atom.